The van der Waals surface area contributed by atoms with E-state index in [4.69, 9.17) is 9.47 Å². The van der Waals surface area contributed by atoms with E-state index in [1.807, 2.05) is 37.6 Å². The SMILES string of the molecule is CC(C)(C)OC(=O)N1CCCC[C@H](NC(=O)Nc2cnc3c(ccn3COCC[Si](C)(C)C)n2)C1. The van der Waals surface area contributed by atoms with Crippen LogP contribution in [-0.4, -0.2) is 71.0 Å². The normalized spacial score (nSPS) is 17.2. The largest absolute Gasteiger partial charge is 0.444 e. The smallest absolute Gasteiger partial charge is 0.410 e. The van der Waals surface area contributed by atoms with E-state index in [1.165, 1.54) is 0 Å². The standard InChI is InChI=1S/C24H40N6O4Si/c1-24(2,3)34-23(32)29-11-8-7-9-18(16-29)26-22(31)28-20-15-25-21-19(27-20)10-12-30(21)17-33-13-14-35(4,5)6/h10,12,15,18H,7-9,11,13-14,16-17H2,1-6H3,(H2,26,27,28,31)/t18-/m0/s1. The molecule has 0 aromatic carbocycles. The van der Waals surface area contributed by atoms with Gasteiger partial charge in [0.2, 0.25) is 0 Å². The van der Waals surface area contributed by atoms with Crippen molar-refractivity contribution in [1.82, 2.24) is 24.8 Å². The topological polar surface area (TPSA) is 111 Å². The first-order valence-electron chi connectivity index (χ1n) is 12.3. The molecule has 3 rings (SSSR count). The zero-order valence-electron chi connectivity index (χ0n) is 21.9. The third-order valence-electron chi connectivity index (χ3n) is 5.59. The maximum atomic E-state index is 12.6. The molecular weight excluding hydrogens is 464 g/mol. The summed E-state index contributed by atoms with van der Waals surface area (Å²) in [4.78, 5) is 35.8. The zero-order chi connectivity index (χ0) is 25.6. The molecule has 1 saturated heterocycles. The van der Waals surface area contributed by atoms with E-state index in [0.29, 0.717) is 36.8 Å². The van der Waals surface area contributed by atoms with Gasteiger partial charge in [-0.2, -0.15) is 0 Å². The second kappa shape index (κ2) is 11.4. The van der Waals surface area contributed by atoms with Crippen LogP contribution in [0, 0.1) is 0 Å². The number of ether oxygens (including phenoxy) is 2. The second-order valence-corrected chi connectivity index (χ2v) is 16.9. The number of fused-ring (bicyclic) bond motifs is 1. The lowest BCUT2D eigenvalue weighted by Crippen LogP contribution is -2.47. The van der Waals surface area contributed by atoms with E-state index >= 15 is 0 Å². The van der Waals surface area contributed by atoms with Crippen LogP contribution >= 0.6 is 0 Å². The molecule has 3 heterocycles. The Morgan fingerprint density at radius 2 is 2.00 bits per heavy atom. The summed E-state index contributed by atoms with van der Waals surface area (Å²) in [5, 5.41) is 5.73. The third kappa shape index (κ3) is 8.81. The number of carbonyl (C=O) groups is 2. The molecule has 0 bridgehead atoms. The summed E-state index contributed by atoms with van der Waals surface area (Å²) in [6.45, 7) is 14.7. The lowest BCUT2D eigenvalue weighted by Gasteiger charge is -2.28. The fraction of sp³-hybridized carbons (Fsp3) is 0.667. The van der Waals surface area contributed by atoms with Crippen LogP contribution in [0.2, 0.25) is 25.7 Å². The van der Waals surface area contributed by atoms with Crippen LogP contribution in [0.1, 0.15) is 40.0 Å². The Balaban J connectivity index is 1.54. The Bertz CT molecular complexity index is 1010. The van der Waals surface area contributed by atoms with Crippen LogP contribution in [0.3, 0.4) is 0 Å². The molecule has 2 aromatic heterocycles. The Kier molecular flexibility index (Phi) is 8.76. The summed E-state index contributed by atoms with van der Waals surface area (Å²) in [6.07, 6.45) is 5.67. The van der Waals surface area contributed by atoms with Crippen molar-refractivity contribution in [3.63, 3.8) is 0 Å². The monoisotopic (exact) mass is 504 g/mol. The van der Waals surface area contributed by atoms with Crippen LogP contribution in [0.4, 0.5) is 15.4 Å². The van der Waals surface area contributed by atoms with Gasteiger partial charge in [-0.25, -0.2) is 19.6 Å². The van der Waals surface area contributed by atoms with Gasteiger partial charge in [0.25, 0.3) is 0 Å². The van der Waals surface area contributed by atoms with Crippen molar-refractivity contribution in [3.8, 4) is 0 Å². The number of likely N-dealkylation sites (tertiary alicyclic amines) is 1. The highest BCUT2D eigenvalue weighted by Crippen LogP contribution is 2.17. The van der Waals surface area contributed by atoms with Crippen molar-refractivity contribution in [3.05, 3.63) is 18.5 Å². The first kappa shape index (κ1) is 26.9. The van der Waals surface area contributed by atoms with Gasteiger partial charge in [0.15, 0.2) is 11.5 Å². The molecule has 0 unspecified atom stereocenters. The molecule has 0 spiro atoms. The van der Waals surface area contributed by atoms with Crippen molar-refractivity contribution in [2.45, 2.75) is 84.1 Å². The van der Waals surface area contributed by atoms with Crippen molar-refractivity contribution >= 4 is 37.2 Å². The van der Waals surface area contributed by atoms with Crippen LogP contribution < -0.4 is 10.6 Å². The van der Waals surface area contributed by atoms with Crippen LogP contribution in [0.25, 0.3) is 11.2 Å². The van der Waals surface area contributed by atoms with E-state index in [1.54, 1.807) is 11.1 Å². The van der Waals surface area contributed by atoms with E-state index in [2.05, 4.69) is 40.2 Å². The number of hydrogen-bond donors (Lipinski definition) is 2. The molecule has 0 radical (unpaired) electrons. The maximum Gasteiger partial charge on any atom is 0.410 e. The minimum Gasteiger partial charge on any atom is -0.444 e. The summed E-state index contributed by atoms with van der Waals surface area (Å²) in [6, 6.07) is 2.43. The van der Waals surface area contributed by atoms with Crippen LogP contribution in [0.15, 0.2) is 18.5 Å². The van der Waals surface area contributed by atoms with E-state index in [0.717, 1.165) is 31.9 Å². The summed E-state index contributed by atoms with van der Waals surface area (Å²) in [5.41, 5.74) is 0.836. The number of urea groups is 1. The number of carbonyl (C=O) groups excluding carboxylic acids is 2. The summed E-state index contributed by atoms with van der Waals surface area (Å²) in [5.74, 6) is 0.366. The molecule has 1 fully saturated rings. The summed E-state index contributed by atoms with van der Waals surface area (Å²) in [7, 11) is -1.13. The second-order valence-electron chi connectivity index (χ2n) is 11.3. The number of nitrogens with one attached hydrogen (secondary N) is 2. The van der Waals surface area contributed by atoms with Crippen molar-refractivity contribution in [2.24, 2.45) is 0 Å². The van der Waals surface area contributed by atoms with E-state index in [-0.39, 0.29) is 18.2 Å². The first-order valence-corrected chi connectivity index (χ1v) is 16.1. The predicted octanol–water partition coefficient (Wildman–Crippen LogP) is 4.65. The minimum atomic E-state index is -1.13. The van der Waals surface area contributed by atoms with Gasteiger partial charge in [0, 0.05) is 40.0 Å². The maximum absolute atomic E-state index is 12.6. The van der Waals surface area contributed by atoms with Gasteiger partial charge in [0.05, 0.1) is 6.20 Å². The molecule has 3 amide bonds. The molecule has 0 saturated carbocycles. The van der Waals surface area contributed by atoms with Crippen molar-refractivity contribution < 1.29 is 19.1 Å². The average molecular weight is 505 g/mol. The number of hydrogen-bond acceptors (Lipinski definition) is 6. The number of anilines is 1. The van der Waals surface area contributed by atoms with Crippen LogP contribution in [0.5, 0.6) is 0 Å². The quantitative estimate of drug-likeness (QED) is 0.419. The van der Waals surface area contributed by atoms with Gasteiger partial charge in [-0.05, 0) is 52.1 Å². The molecule has 194 valence electrons. The van der Waals surface area contributed by atoms with Crippen molar-refractivity contribution in [1.29, 1.82) is 0 Å². The van der Waals surface area contributed by atoms with E-state index in [9.17, 15) is 9.59 Å². The molecule has 11 heteroatoms. The van der Waals surface area contributed by atoms with Crippen LogP contribution in [-0.2, 0) is 16.2 Å². The van der Waals surface area contributed by atoms with Gasteiger partial charge in [-0.1, -0.05) is 19.6 Å². The molecule has 1 atom stereocenters. The average Bonchev–Trinajstić information content (AvgIpc) is 2.97. The number of nitrogens with zero attached hydrogens (tertiary/aromatic N) is 4. The number of aromatic nitrogens is 3. The predicted molar refractivity (Wildman–Crippen MR) is 139 cm³/mol. The molecule has 35 heavy (non-hydrogen) atoms. The van der Waals surface area contributed by atoms with Gasteiger partial charge in [0.1, 0.15) is 17.8 Å². The summed E-state index contributed by atoms with van der Waals surface area (Å²) < 4.78 is 13.2. The Morgan fingerprint density at radius 3 is 2.71 bits per heavy atom. The molecular formula is C24H40N6O4Si. The molecule has 0 aliphatic carbocycles. The minimum absolute atomic E-state index is 0.170. The molecule has 1 aliphatic heterocycles. The fourth-order valence-electron chi connectivity index (χ4n) is 3.76. The molecule has 1 aliphatic rings. The van der Waals surface area contributed by atoms with E-state index < -0.39 is 13.7 Å². The highest BCUT2D eigenvalue weighted by molar-refractivity contribution is 6.76. The zero-order valence-corrected chi connectivity index (χ0v) is 22.9. The lowest BCUT2D eigenvalue weighted by atomic mass is 10.1. The lowest BCUT2D eigenvalue weighted by molar-refractivity contribution is 0.0245. The number of amides is 3. The highest BCUT2D eigenvalue weighted by atomic mass is 28.3. The van der Waals surface area contributed by atoms with Gasteiger partial charge >= 0.3 is 12.1 Å². The number of rotatable bonds is 7. The Hall–Kier alpha value is -2.66. The van der Waals surface area contributed by atoms with Gasteiger partial charge < -0.3 is 24.3 Å². The Labute approximate surface area is 208 Å². The first-order chi connectivity index (χ1) is 16.4. The third-order valence-corrected chi connectivity index (χ3v) is 7.29. The van der Waals surface area contributed by atoms with Gasteiger partial charge in [-0.15, -0.1) is 0 Å². The molecule has 10 nitrogen and oxygen atoms in total. The van der Waals surface area contributed by atoms with Gasteiger partial charge in [-0.3, -0.25) is 5.32 Å². The molecule has 2 aromatic rings. The summed E-state index contributed by atoms with van der Waals surface area (Å²) >= 11 is 0. The molecule has 2 N–H and O–H groups in total. The highest BCUT2D eigenvalue weighted by Gasteiger charge is 2.27. The van der Waals surface area contributed by atoms with Crippen molar-refractivity contribution in [2.75, 3.05) is 25.0 Å². The Morgan fingerprint density at radius 1 is 1.23 bits per heavy atom. The fourth-order valence-corrected chi connectivity index (χ4v) is 4.51.